The molecule has 144 valence electrons. The molecule has 0 saturated carbocycles. The number of aromatic amines is 1. The van der Waals surface area contributed by atoms with Gasteiger partial charge in [-0.1, -0.05) is 18.2 Å². The van der Waals surface area contributed by atoms with Crippen LogP contribution in [0.2, 0.25) is 0 Å². The number of carbonyl (C=O) groups excluding carboxylic acids is 2. The van der Waals surface area contributed by atoms with Gasteiger partial charge in [0, 0.05) is 5.69 Å². The van der Waals surface area contributed by atoms with Crippen LogP contribution in [0.3, 0.4) is 0 Å². The second kappa shape index (κ2) is 7.87. The Morgan fingerprint density at radius 1 is 1.14 bits per heavy atom. The number of halogens is 1. The fourth-order valence-electron chi connectivity index (χ4n) is 2.59. The van der Waals surface area contributed by atoms with E-state index < -0.39 is 42.0 Å². The maximum absolute atomic E-state index is 13.2. The second-order valence-corrected chi connectivity index (χ2v) is 6.05. The molecule has 0 bridgehead atoms. The third kappa shape index (κ3) is 4.14. The summed E-state index contributed by atoms with van der Waals surface area (Å²) in [4.78, 5) is 48.2. The normalized spacial score (nSPS) is 10.6. The van der Waals surface area contributed by atoms with E-state index in [2.05, 4.69) is 10.4 Å². The number of amides is 1. The van der Waals surface area contributed by atoms with E-state index in [1.807, 2.05) is 0 Å². The van der Waals surface area contributed by atoms with Crippen molar-refractivity contribution in [2.24, 2.45) is 0 Å². The van der Waals surface area contributed by atoms with E-state index in [1.165, 1.54) is 24.3 Å². The number of benzene rings is 2. The van der Waals surface area contributed by atoms with Crippen LogP contribution in [0.1, 0.15) is 5.56 Å². The van der Waals surface area contributed by atoms with Crippen molar-refractivity contribution < 1.29 is 18.7 Å². The van der Waals surface area contributed by atoms with E-state index >= 15 is 0 Å². The molecule has 0 unspecified atom stereocenters. The number of esters is 1. The van der Waals surface area contributed by atoms with E-state index in [1.54, 1.807) is 19.1 Å². The van der Waals surface area contributed by atoms with Crippen molar-refractivity contribution >= 4 is 28.3 Å². The summed E-state index contributed by atoms with van der Waals surface area (Å²) in [7, 11) is 0. The molecule has 0 aliphatic rings. The van der Waals surface area contributed by atoms with Gasteiger partial charge in [-0.2, -0.15) is 0 Å². The third-order valence-corrected chi connectivity index (χ3v) is 4.01. The molecule has 0 aliphatic heterocycles. The lowest BCUT2D eigenvalue weighted by Crippen LogP contribution is -2.33. The monoisotopic (exact) mass is 385 g/mol. The topological polar surface area (TPSA) is 110 Å². The molecule has 0 fully saturated rings. The lowest BCUT2D eigenvalue weighted by Gasteiger charge is -2.10. The largest absolute Gasteiger partial charge is 0.454 e. The quantitative estimate of drug-likeness (QED) is 0.644. The Morgan fingerprint density at radius 2 is 1.86 bits per heavy atom. The van der Waals surface area contributed by atoms with E-state index in [-0.39, 0.29) is 16.5 Å². The number of anilines is 1. The van der Waals surface area contributed by atoms with E-state index in [9.17, 15) is 23.6 Å². The zero-order valence-corrected chi connectivity index (χ0v) is 14.8. The minimum absolute atomic E-state index is 0.165. The van der Waals surface area contributed by atoms with Crippen molar-refractivity contribution in [3.8, 4) is 0 Å². The standard InChI is InChI=1S/C19H16FN3O5/c1-11-6-7-12(20)8-15(11)21-16(24)10-28-17(25)9-23-19(27)14-5-3-2-4-13(14)18(26)22-23/h2-8H,9-10H2,1H3,(H,21,24)(H,22,26). The zero-order chi connectivity index (χ0) is 20.3. The SMILES string of the molecule is Cc1ccc(F)cc1NC(=O)COC(=O)Cn1[nH]c(=O)c2ccccc2c1=O. The number of hydrogen-bond acceptors (Lipinski definition) is 5. The average molecular weight is 385 g/mol. The first-order chi connectivity index (χ1) is 13.3. The molecule has 0 aliphatic carbocycles. The summed E-state index contributed by atoms with van der Waals surface area (Å²) < 4.78 is 18.9. The molecule has 3 aromatic rings. The Morgan fingerprint density at radius 3 is 2.61 bits per heavy atom. The van der Waals surface area contributed by atoms with E-state index in [0.717, 1.165) is 10.7 Å². The number of hydrogen-bond donors (Lipinski definition) is 2. The maximum Gasteiger partial charge on any atom is 0.328 e. The van der Waals surface area contributed by atoms with Gasteiger partial charge in [0.05, 0.1) is 10.8 Å². The zero-order valence-electron chi connectivity index (χ0n) is 14.8. The third-order valence-electron chi connectivity index (χ3n) is 4.01. The number of nitrogens with one attached hydrogen (secondary N) is 2. The smallest absolute Gasteiger partial charge is 0.328 e. The summed E-state index contributed by atoms with van der Waals surface area (Å²) in [5, 5.41) is 5.10. The van der Waals surface area contributed by atoms with Crippen LogP contribution in [-0.2, 0) is 20.9 Å². The van der Waals surface area contributed by atoms with Crippen LogP contribution in [0.25, 0.3) is 10.8 Å². The average Bonchev–Trinajstić information content (AvgIpc) is 2.67. The van der Waals surface area contributed by atoms with Gasteiger partial charge in [-0.15, -0.1) is 0 Å². The van der Waals surface area contributed by atoms with Crippen molar-refractivity contribution in [2.45, 2.75) is 13.5 Å². The molecule has 0 atom stereocenters. The number of aromatic nitrogens is 2. The number of aryl methyl sites for hydroxylation is 1. The van der Waals surface area contributed by atoms with E-state index in [0.29, 0.717) is 5.56 Å². The van der Waals surface area contributed by atoms with Gasteiger partial charge in [0.1, 0.15) is 12.4 Å². The minimum Gasteiger partial charge on any atom is -0.454 e. The van der Waals surface area contributed by atoms with Crippen LogP contribution in [0.15, 0.2) is 52.1 Å². The summed E-state index contributed by atoms with van der Waals surface area (Å²) >= 11 is 0. The molecule has 3 rings (SSSR count). The number of H-pyrrole nitrogens is 1. The minimum atomic E-state index is -0.890. The van der Waals surface area contributed by atoms with Crippen LogP contribution in [0.5, 0.6) is 0 Å². The van der Waals surface area contributed by atoms with Crippen molar-refractivity contribution in [2.75, 3.05) is 11.9 Å². The Balaban J connectivity index is 1.65. The van der Waals surface area contributed by atoms with Gasteiger partial charge < -0.3 is 10.1 Å². The van der Waals surface area contributed by atoms with Gasteiger partial charge in [0.2, 0.25) is 0 Å². The van der Waals surface area contributed by atoms with Crippen molar-refractivity contribution in [3.63, 3.8) is 0 Å². The first-order valence-electron chi connectivity index (χ1n) is 8.28. The molecule has 1 heterocycles. The van der Waals surface area contributed by atoms with Crippen LogP contribution in [0, 0.1) is 12.7 Å². The highest BCUT2D eigenvalue weighted by atomic mass is 19.1. The van der Waals surface area contributed by atoms with Crippen molar-refractivity contribution in [1.82, 2.24) is 9.78 Å². The summed E-state index contributed by atoms with van der Waals surface area (Å²) in [5.41, 5.74) is -0.188. The number of rotatable bonds is 5. The van der Waals surface area contributed by atoms with Crippen molar-refractivity contribution in [3.05, 3.63) is 74.6 Å². The number of carbonyl (C=O) groups is 2. The first-order valence-corrected chi connectivity index (χ1v) is 8.28. The van der Waals surface area contributed by atoms with Gasteiger partial charge >= 0.3 is 5.97 Å². The maximum atomic E-state index is 13.2. The molecular weight excluding hydrogens is 369 g/mol. The summed E-state index contributed by atoms with van der Waals surface area (Å²) in [6.07, 6.45) is 0. The molecule has 0 radical (unpaired) electrons. The van der Waals surface area contributed by atoms with Crippen LogP contribution < -0.4 is 16.4 Å². The lowest BCUT2D eigenvalue weighted by atomic mass is 10.2. The highest BCUT2D eigenvalue weighted by Crippen LogP contribution is 2.15. The number of fused-ring (bicyclic) bond motifs is 1. The Bertz CT molecular complexity index is 1180. The summed E-state index contributed by atoms with van der Waals surface area (Å²) in [5.74, 6) is -2.07. The van der Waals surface area contributed by atoms with Gasteiger partial charge in [0.15, 0.2) is 6.61 Å². The highest BCUT2D eigenvalue weighted by Gasteiger charge is 2.13. The first kappa shape index (κ1) is 19.0. The van der Waals surface area contributed by atoms with Crippen LogP contribution in [0.4, 0.5) is 10.1 Å². The van der Waals surface area contributed by atoms with Gasteiger partial charge in [-0.25, -0.2) is 9.07 Å². The second-order valence-electron chi connectivity index (χ2n) is 6.05. The predicted octanol–water partition coefficient (Wildman–Crippen LogP) is 1.32. The molecule has 8 nitrogen and oxygen atoms in total. The van der Waals surface area contributed by atoms with Gasteiger partial charge in [-0.3, -0.25) is 24.3 Å². The molecule has 2 aromatic carbocycles. The van der Waals surface area contributed by atoms with E-state index in [4.69, 9.17) is 4.74 Å². The summed E-state index contributed by atoms with van der Waals surface area (Å²) in [6, 6.07) is 10.1. The predicted molar refractivity (Wildman–Crippen MR) is 99.6 cm³/mol. The molecule has 0 saturated heterocycles. The summed E-state index contributed by atoms with van der Waals surface area (Å²) in [6.45, 7) is 0.496. The van der Waals surface area contributed by atoms with Crippen LogP contribution >= 0.6 is 0 Å². The van der Waals surface area contributed by atoms with Gasteiger partial charge in [-0.05, 0) is 36.8 Å². The van der Waals surface area contributed by atoms with Gasteiger partial charge in [0.25, 0.3) is 17.0 Å². The fraction of sp³-hybridized carbons (Fsp3) is 0.158. The lowest BCUT2D eigenvalue weighted by molar-refractivity contribution is -0.148. The molecular formula is C19H16FN3O5. The fourth-order valence-corrected chi connectivity index (χ4v) is 2.59. The molecule has 2 N–H and O–H groups in total. The Labute approximate surface area is 157 Å². The molecule has 0 spiro atoms. The van der Waals surface area contributed by atoms with Crippen LogP contribution in [-0.4, -0.2) is 28.3 Å². The molecule has 1 aromatic heterocycles. The number of nitrogens with zero attached hydrogens (tertiary/aromatic N) is 1. The van der Waals surface area contributed by atoms with Crippen molar-refractivity contribution in [1.29, 1.82) is 0 Å². The Hall–Kier alpha value is -3.75. The molecule has 9 heteroatoms. The number of ether oxygens (including phenoxy) is 1. The molecule has 28 heavy (non-hydrogen) atoms. The molecule has 1 amide bonds. The highest BCUT2D eigenvalue weighted by molar-refractivity contribution is 5.93. The Kier molecular flexibility index (Phi) is 5.35.